The van der Waals surface area contributed by atoms with Crippen LogP contribution in [0.1, 0.15) is 24.4 Å². The first-order valence-electron chi connectivity index (χ1n) is 6.78. The Hall–Kier alpha value is -1.02. The predicted octanol–water partition coefficient (Wildman–Crippen LogP) is 0.533. The Morgan fingerprint density at radius 3 is 2.50 bits per heavy atom. The van der Waals surface area contributed by atoms with Gasteiger partial charge in [-0.15, -0.1) is 0 Å². The van der Waals surface area contributed by atoms with E-state index in [0.717, 1.165) is 24.5 Å². The van der Waals surface area contributed by atoms with Crippen molar-refractivity contribution in [2.75, 3.05) is 33.2 Å². The van der Waals surface area contributed by atoms with Gasteiger partial charge in [0.05, 0.1) is 11.7 Å². The lowest BCUT2D eigenvalue weighted by molar-refractivity contribution is 0.220. The van der Waals surface area contributed by atoms with Gasteiger partial charge in [-0.2, -0.15) is 17.4 Å². The van der Waals surface area contributed by atoms with Gasteiger partial charge >= 0.3 is 0 Å². The first-order chi connectivity index (χ1) is 9.38. The quantitative estimate of drug-likeness (QED) is 0.881. The van der Waals surface area contributed by atoms with Crippen molar-refractivity contribution in [3.63, 3.8) is 0 Å². The van der Waals surface area contributed by atoms with Crippen LogP contribution in [0.4, 0.5) is 0 Å². The van der Waals surface area contributed by atoms with Crippen LogP contribution in [0.25, 0.3) is 0 Å². The van der Waals surface area contributed by atoms with Crippen LogP contribution in [-0.2, 0) is 10.2 Å². The van der Waals surface area contributed by atoms with E-state index in [1.165, 1.54) is 4.31 Å². The zero-order chi connectivity index (χ0) is 14.8. The molecule has 1 aromatic heterocycles. The van der Waals surface area contributed by atoms with E-state index in [1.807, 2.05) is 39.1 Å². The van der Waals surface area contributed by atoms with E-state index in [9.17, 15) is 8.42 Å². The molecule has 1 aliphatic rings. The molecular weight excluding hydrogens is 276 g/mol. The number of piperazine rings is 1. The third-order valence-corrected chi connectivity index (χ3v) is 5.18. The summed E-state index contributed by atoms with van der Waals surface area (Å²) >= 11 is 0. The first kappa shape index (κ1) is 15.4. The fraction of sp³-hybridized carbons (Fsp3) is 0.615. The standard InChI is InChI=1S/C13H22N4O2S/c1-11-5-4-6-13(14-11)12(2)15-20(18,19)17-9-7-16(3)8-10-17/h4-6,12,15H,7-10H2,1-3H3. The summed E-state index contributed by atoms with van der Waals surface area (Å²) in [7, 11) is -1.45. The number of likely N-dealkylation sites (N-methyl/N-ethyl adjacent to an activating group) is 1. The smallest absolute Gasteiger partial charge is 0.280 e. The van der Waals surface area contributed by atoms with Gasteiger partial charge in [0.25, 0.3) is 10.2 Å². The molecule has 0 spiro atoms. The number of hydrogen-bond acceptors (Lipinski definition) is 4. The lowest BCUT2D eigenvalue weighted by atomic mass is 10.2. The van der Waals surface area contributed by atoms with Crippen molar-refractivity contribution in [3.8, 4) is 0 Å². The van der Waals surface area contributed by atoms with Gasteiger partial charge in [0, 0.05) is 31.9 Å². The maximum Gasteiger partial charge on any atom is 0.280 e. The molecule has 0 radical (unpaired) electrons. The molecule has 1 fully saturated rings. The minimum absolute atomic E-state index is 0.334. The van der Waals surface area contributed by atoms with Crippen molar-refractivity contribution >= 4 is 10.2 Å². The van der Waals surface area contributed by atoms with Gasteiger partial charge in [-0.1, -0.05) is 6.07 Å². The van der Waals surface area contributed by atoms with E-state index in [-0.39, 0.29) is 6.04 Å². The fourth-order valence-corrected chi connectivity index (χ4v) is 3.55. The molecule has 1 atom stereocenters. The van der Waals surface area contributed by atoms with Gasteiger partial charge in [-0.25, -0.2) is 0 Å². The Bertz CT molecular complexity index is 553. The van der Waals surface area contributed by atoms with E-state index < -0.39 is 10.2 Å². The van der Waals surface area contributed by atoms with Crippen molar-refractivity contribution in [1.29, 1.82) is 0 Å². The number of hydrogen-bond donors (Lipinski definition) is 1. The van der Waals surface area contributed by atoms with Crippen LogP contribution in [0.2, 0.25) is 0 Å². The lowest BCUT2D eigenvalue weighted by Gasteiger charge is -2.32. The van der Waals surface area contributed by atoms with E-state index in [0.29, 0.717) is 13.1 Å². The summed E-state index contributed by atoms with van der Waals surface area (Å²) in [5, 5.41) is 0. The average Bonchev–Trinajstić information content (AvgIpc) is 2.38. The maximum atomic E-state index is 12.3. The summed E-state index contributed by atoms with van der Waals surface area (Å²) in [5.74, 6) is 0. The third kappa shape index (κ3) is 3.76. The van der Waals surface area contributed by atoms with Crippen molar-refractivity contribution in [1.82, 2.24) is 18.9 Å². The molecule has 1 N–H and O–H groups in total. The highest BCUT2D eigenvalue weighted by atomic mass is 32.2. The molecule has 1 saturated heterocycles. The van der Waals surface area contributed by atoms with Crippen molar-refractivity contribution in [2.45, 2.75) is 19.9 Å². The van der Waals surface area contributed by atoms with Crippen LogP contribution in [0.3, 0.4) is 0 Å². The number of rotatable bonds is 4. The minimum Gasteiger partial charge on any atom is -0.304 e. The largest absolute Gasteiger partial charge is 0.304 e. The zero-order valence-electron chi connectivity index (χ0n) is 12.2. The van der Waals surface area contributed by atoms with Gasteiger partial charge in [-0.3, -0.25) is 4.98 Å². The molecule has 2 heterocycles. The Kier molecular flexibility index (Phi) is 4.74. The molecule has 0 bridgehead atoms. The van der Waals surface area contributed by atoms with Crippen LogP contribution >= 0.6 is 0 Å². The van der Waals surface area contributed by atoms with Crippen LogP contribution in [0.5, 0.6) is 0 Å². The lowest BCUT2D eigenvalue weighted by Crippen LogP contribution is -2.51. The molecule has 1 aliphatic heterocycles. The van der Waals surface area contributed by atoms with Crippen molar-refractivity contribution in [3.05, 3.63) is 29.6 Å². The Morgan fingerprint density at radius 1 is 1.25 bits per heavy atom. The molecule has 0 aromatic carbocycles. The molecule has 0 amide bonds. The van der Waals surface area contributed by atoms with Gasteiger partial charge < -0.3 is 4.90 Å². The van der Waals surface area contributed by atoms with Crippen LogP contribution in [0, 0.1) is 6.92 Å². The molecule has 1 unspecified atom stereocenters. The monoisotopic (exact) mass is 298 g/mol. The Morgan fingerprint density at radius 2 is 1.90 bits per heavy atom. The Balaban J connectivity index is 2.04. The van der Waals surface area contributed by atoms with Crippen LogP contribution < -0.4 is 4.72 Å². The highest BCUT2D eigenvalue weighted by Crippen LogP contribution is 2.13. The van der Waals surface area contributed by atoms with E-state index in [4.69, 9.17) is 0 Å². The molecule has 2 rings (SSSR count). The second kappa shape index (κ2) is 6.17. The summed E-state index contributed by atoms with van der Waals surface area (Å²) in [5.41, 5.74) is 1.62. The van der Waals surface area contributed by atoms with E-state index in [1.54, 1.807) is 0 Å². The number of nitrogens with zero attached hydrogens (tertiary/aromatic N) is 3. The summed E-state index contributed by atoms with van der Waals surface area (Å²) in [4.78, 5) is 6.48. The number of nitrogens with one attached hydrogen (secondary N) is 1. The molecule has 0 aliphatic carbocycles. The maximum absolute atomic E-state index is 12.3. The summed E-state index contributed by atoms with van der Waals surface area (Å²) < 4.78 is 28.9. The number of aryl methyl sites for hydroxylation is 1. The number of aromatic nitrogens is 1. The average molecular weight is 298 g/mol. The fourth-order valence-electron chi connectivity index (χ4n) is 2.19. The zero-order valence-corrected chi connectivity index (χ0v) is 13.0. The summed E-state index contributed by atoms with van der Waals surface area (Å²) in [6.45, 7) is 6.29. The normalized spacial score (nSPS) is 19.9. The van der Waals surface area contributed by atoms with Crippen LogP contribution in [0.15, 0.2) is 18.2 Å². The first-order valence-corrected chi connectivity index (χ1v) is 8.22. The summed E-state index contributed by atoms with van der Waals surface area (Å²) in [6, 6.07) is 5.28. The second-order valence-corrected chi connectivity index (χ2v) is 6.95. The van der Waals surface area contributed by atoms with Gasteiger partial charge in [0.1, 0.15) is 0 Å². The molecule has 112 valence electrons. The highest BCUT2D eigenvalue weighted by Gasteiger charge is 2.27. The topological polar surface area (TPSA) is 65.5 Å². The highest BCUT2D eigenvalue weighted by molar-refractivity contribution is 7.87. The van der Waals surface area contributed by atoms with Gasteiger partial charge in [0.2, 0.25) is 0 Å². The van der Waals surface area contributed by atoms with Crippen molar-refractivity contribution < 1.29 is 8.42 Å². The van der Waals surface area contributed by atoms with E-state index >= 15 is 0 Å². The second-order valence-electron chi connectivity index (χ2n) is 5.25. The predicted molar refractivity (Wildman–Crippen MR) is 78.5 cm³/mol. The molecule has 20 heavy (non-hydrogen) atoms. The summed E-state index contributed by atoms with van der Waals surface area (Å²) in [6.07, 6.45) is 0. The molecule has 1 aromatic rings. The third-order valence-electron chi connectivity index (χ3n) is 3.48. The van der Waals surface area contributed by atoms with E-state index in [2.05, 4.69) is 14.6 Å². The van der Waals surface area contributed by atoms with Gasteiger partial charge in [-0.05, 0) is 33.0 Å². The van der Waals surface area contributed by atoms with Gasteiger partial charge in [0.15, 0.2) is 0 Å². The molecule has 0 saturated carbocycles. The molecule has 7 heteroatoms. The van der Waals surface area contributed by atoms with Crippen LogP contribution in [-0.4, -0.2) is 55.8 Å². The molecular formula is C13H22N4O2S. The molecule has 6 nitrogen and oxygen atoms in total. The number of pyridine rings is 1. The minimum atomic E-state index is -3.45. The Labute approximate surface area is 121 Å². The van der Waals surface area contributed by atoms with Crippen molar-refractivity contribution in [2.24, 2.45) is 0 Å². The SMILES string of the molecule is Cc1cccc(C(C)NS(=O)(=O)N2CCN(C)CC2)n1.